The van der Waals surface area contributed by atoms with E-state index in [1.165, 1.54) is 10.9 Å². The number of ether oxygens (including phenoxy) is 4. The van der Waals surface area contributed by atoms with E-state index in [4.69, 9.17) is 35.5 Å². The maximum atomic E-state index is 13.8. The summed E-state index contributed by atoms with van der Waals surface area (Å²) in [6, 6.07) is 14.4. The predicted molar refractivity (Wildman–Crippen MR) is 169 cm³/mol. The lowest BCUT2D eigenvalue weighted by Gasteiger charge is -2.18. The number of carbonyl (C=O) groups is 1. The number of para-hydroxylation sites is 1. The summed E-state index contributed by atoms with van der Waals surface area (Å²) < 4.78 is 23.6. The lowest BCUT2D eigenvalue weighted by molar-refractivity contribution is -0.150. The van der Waals surface area contributed by atoms with Crippen LogP contribution in [0.3, 0.4) is 0 Å². The molecule has 0 amide bonds. The molecule has 3 aromatic carbocycles. The van der Waals surface area contributed by atoms with Crippen molar-refractivity contribution >= 4 is 34.7 Å². The summed E-state index contributed by atoms with van der Waals surface area (Å²) >= 11 is 6.60. The number of rotatable bonds is 11. The monoisotopic (exact) mass is 605 g/mol. The van der Waals surface area contributed by atoms with Crippen LogP contribution in [0.5, 0.6) is 17.2 Å². The van der Waals surface area contributed by atoms with Gasteiger partial charge in [-0.2, -0.15) is 9.78 Å². The fraction of sp³-hybridized carbons (Fsp3) is 0.333. The predicted octanol–water partition coefficient (Wildman–Crippen LogP) is 6.77. The Morgan fingerprint density at radius 2 is 1.81 bits per heavy atom. The highest BCUT2D eigenvalue weighted by Gasteiger charge is 2.22. The summed E-state index contributed by atoms with van der Waals surface area (Å²) in [7, 11) is 1.64. The molecule has 0 spiro atoms. The Labute approximate surface area is 256 Å². The Morgan fingerprint density at radius 1 is 1.07 bits per heavy atom. The lowest BCUT2D eigenvalue weighted by atomic mass is 9.96. The lowest BCUT2D eigenvalue weighted by Crippen LogP contribution is -2.26. The molecule has 0 unspecified atom stereocenters. The van der Waals surface area contributed by atoms with Crippen molar-refractivity contribution in [2.75, 3.05) is 20.3 Å². The number of esters is 1. The second-order valence-corrected chi connectivity index (χ2v) is 10.6. The minimum atomic E-state index is -0.899. The van der Waals surface area contributed by atoms with Crippen LogP contribution in [0.15, 0.2) is 58.4 Å². The largest absolute Gasteiger partial charge is 0.496 e. The molecule has 0 saturated carbocycles. The van der Waals surface area contributed by atoms with Crippen LogP contribution < -0.4 is 19.8 Å². The van der Waals surface area contributed by atoms with Crippen molar-refractivity contribution in [1.82, 2.24) is 9.66 Å². The smallest absolute Gasteiger partial charge is 0.347 e. The van der Waals surface area contributed by atoms with E-state index in [0.717, 1.165) is 22.4 Å². The molecule has 1 atom stereocenters. The molecule has 0 saturated heterocycles. The van der Waals surface area contributed by atoms with Gasteiger partial charge < -0.3 is 18.9 Å². The number of carbonyl (C=O) groups excluding carboxylic acids is 1. The van der Waals surface area contributed by atoms with Crippen molar-refractivity contribution in [1.29, 1.82) is 0 Å². The second-order valence-electron chi connectivity index (χ2n) is 10.2. The first-order chi connectivity index (χ1) is 20.6. The van der Waals surface area contributed by atoms with Crippen molar-refractivity contribution in [2.45, 2.75) is 53.6 Å². The van der Waals surface area contributed by atoms with Crippen molar-refractivity contribution in [2.24, 2.45) is 5.10 Å². The van der Waals surface area contributed by atoms with Gasteiger partial charge in [0.2, 0.25) is 0 Å². The second kappa shape index (κ2) is 13.7. The average molecular weight is 606 g/mol. The molecule has 43 heavy (non-hydrogen) atoms. The van der Waals surface area contributed by atoms with Gasteiger partial charge in [0.1, 0.15) is 5.75 Å². The number of hydrogen-bond acceptors (Lipinski definition) is 8. The first kappa shape index (κ1) is 31.6. The van der Waals surface area contributed by atoms with E-state index in [0.29, 0.717) is 34.6 Å². The van der Waals surface area contributed by atoms with Crippen LogP contribution in [0.4, 0.5) is 0 Å². The maximum absolute atomic E-state index is 13.8. The molecule has 0 aliphatic heterocycles. The molecule has 0 radical (unpaired) electrons. The molecular weight excluding hydrogens is 570 g/mol. The van der Waals surface area contributed by atoms with Gasteiger partial charge in [-0.1, -0.05) is 37.6 Å². The Morgan fingerprint density at radius 3 is 2.49 bits per heavy atom. The van der Waals surface area contributed by atoms with E-state index in [2.05, 4.69) is 18.9 Å². The van der Waals surface area contributed by atoms with Crippen molar-refractivity contribution in [3.8, 4) is 28.6 Å². The summed E-state index contributed by atoms with van der Waals surface area (Å²) in [5, 5.41) is 5.24. The van der Waals surface area contributed by atoms with E-state index in [9.17, 15) is 9.59 Å². The molecule has 1 heterocycles. The summed E-state index contributed by atoms with van der Waals surface area (Å²) in [5.41, 5.74) is 3.42. The molecule has 226 valence electrons. The Kier molecular flexibility index (Phi) is 10.1. The Hall–Kier alpha value is -4.37. The third kappa shape index (κ3) is 6.83. The molecular formula is C33H36ClN3O6. The standard InChI is InChI=1S/C33H36ClN3O6/c1-8-41-29-16-22(15-26(34)30(29)43-21(6)33(39)42-9-2)18-35-37-31(36-27-13-11-10-12-23(27)32(37)38)25-17-24(19(3)4)28(40-7)14-20(25)5/h10-19,21H,8-9H2,1-7H3/t21-/m1/s1. The molecule has 0 aliphatic rings. The first-order valence-corrected chi connectivity index (χ1v) is 14.5. The van der Waals surface area contributed by atoms with Gasteiger partial charge in [-0.15, -0.1) is 0 Å². The Bertz CT molecular complexity index is 1730. The van der Waals surface area contributed by atoms with E-state index >= 15 is 0 Å². The minimum Gasteiger partial charge on any atom is -0.496 e. The van der Waals surface area contributed by atoms with Crippen LogP contribution in [0, 0.1) is 6.92 Å². The zero-order valence-corrected chi connectivity index (χ0v) is 26.2. The van der Waals surface area contributed by atoms with Crippen LogP contribution >= 0.6 is 11.6 Å². The highest BCUT2D eigenvalue weighted by atomic mass is 35.5. The van der Waals surface area contributed by atoms with Crippen molar-refractivity contribution in [3.05, 3.63) is 80.6 Å². The average Bonchev–Trinajstić information content (AvgIpc) is 2.98. The van der Waals surface area contributed by atoms with Gasteiger partial charge in [0.25, 0.3) is 5.56 Å². The summed E-state index contributed by atoms with van der Waals surface area (Å²) in [4.78, 5) is 30.8. The highest BCUT2D eigenvalue weighted by Crippen LogP contribution is 2.38. The zero-order chi connectivity index (χ0) is 31.3. The summed E-state index contributed by atoms with van der Waals surface area (Å²) in [6.45, 7) is 11.8. The summed E-state index contributed by atoms with van der Waals surface area (Å²) in [6.07, 6.45) is 0.612. The molecule has 1 aromatic heterocycles. The fourth-order valence-electron chi connectivity index (χ4n) is 4.62. The van der Waals surface area contributed by atoms with Gasteiger partial charge >= 0.3 is 5.97 Å². The van der Waals surface area contributed by atoms with Crippen molar-refractivity contribution in [3.63, 3.8) is 0 Å². The molecule has 0 N–H and O–H groups in total. The van der Waals surface area contributed by atoms with Crippen LogP contribution in [-0.4, -0.2) is 48.3 Å². The molecule has 4 aromatic rings. The molecule has 0 bridgehead atoms. The van der Waals surface area contributed by atoms with Gasteiger partial charge in [0, 0.05) is 5.56 Å². The molecule has 10 heteroatoms. The number of halogens is 1. The van der Waals surface area contributed by atoms with Gasteiger partial charge in [-0.05, 0) is 86.7 Å². The van der Waals surface area contributed by atoms with E-state index in [-0.39, 0.29) is 28.9 Å². The van der Waals surface area contributed by atoms with Gasteiger partial charge in [-0.25, -0.2) is 9.78 Å². The van der Waals surface area contributed by atoms with Gasteiger partial charge in [-0.3, -0.25) is 4.79 Å². The molecule has 4 rings (SSSR count). The van der Waals surface area contributed by atoms with E-state index < -0.39 is 12.1 Å². The first-order valence-electron chi connectivity index (χ1n) is 14.1. The molecule has 9 nitrogen and oxygen atoms in total. The normalized spacial score (nSPS) is 12.1. The number of benzene rings is 3. The maximum Gasteiger partial charge on any atom is 0.347 e. The van der Waals surface area contributed by atoms with Crippen LogP contribution in [0.25, 0.3) is 22.3 Å². The number of methoxy groups -OCH3 is 1. The zero-order valence-electron chi connectivity index (χ0n) is 25.4. The quantitative estimate of drug-likeness (QED) is 0.137. The molecule has 0 fully saturated rings. The van der Waals surface area contributed by atoms with Crippen LogP contribution in [0.1, 0.15) is 57.2 Å². The van der Waals surface area contributed by atoms with Crippen LogP contribution in [0.2, 0.25) is 5.02 Å². The van der Waals surface area contributed by atoms with Gasteiger partial charge in [0.15, 0.2) is 23.4 Å². The van der Waals surface area contributed by atoms with E-state index in [1.54, 1.807) is 51.3 Å². The fourth-order valence-corrected chi connectivity index (χ4v) is 4.88. The third-order valence-electron chi connectivity index (χ3n) is 6.76. The minimum absolute atomic E-state index is 0.171. The van der Waals surface area contributed by atoms with Crippen LogP contribution in [-0.2, 0) is 9.53 Å². The number of aryl methyl sites for hydroxylation is 1. The number of fused-ring (bicyclic) bond motifs is 1. The number of hydrogen-bond donors (Lipinski definition) is 0. The SMILES string of the molecule is CCOC(=O)[C@@H](C)Oc1c(Cl)cc(C=Nn2c(-c3cc(C(C)C)c(OC)cc3C)nc3ccccc3c2=O)cc1OCC. The number of aromatic nitrogens is 2. The summed E-state index contributed by atoms with van der Waals surface area (Å²) in [5.74, 6) is 1.35. The van der Waals surface area contributed by atoms with E-state index in [1.807, 2.05) is 32.0 Å². The van der Waals surface area contributed by atoms with Crippen molar-refractivity contribution < 1.29 is 23.7 Å². The number of nitrogens with zero attached hydrogens (tertiary/aromatic N) is 3. The topological polar surface area (TPSA) is 101 Å². The third-order valence-corrected chi connectivity index (χ3v) is 7.04. The molecule has 0 aliphatic carbocycles. The van der Waals surface area contributed by atoms with Gasteiger partial charge in [0.05, 0.1) is 42.5 Å². The highest BCUT2D eigenvalue weighted by molar-refractivity contribution is 6.32. The Balaban J connectivity index is 1.86.